The van der Waals surface area contributed by atoms with E-state index in [2.05, 4.69) is 42.1 Å². The Balaban J connectivity index is 1.64. The van der Waals surface area contributed by atoms with E-state index in [9.17, 15) is 5.11 Å². The number of hydrogen-bond donors (Lipinski definition) is 3. The maximum Gasteiger partial charge on any atom is 0.191 e. The molecule has 0 radical (unpaired) electrons. The van der Waals surface area contributed by atoms with Crippen molar-refractivity contribution in [3.05, 3.63) is 23.9 Å². The van der Waals surface area contributed by atoms with Gasteiger partial charge in [-0.05, 0) is 44.3 Å². The van der Waals surface area contributed by atoms with Gasteiger partial charge in [0, 0.05) is 25.4 Å². The van der Waals surface area contributed by atoms with Crippen molar-refractivity contribution in [2.24, 2.45) is 5.92 Å². The fraction of sp³-hybridized carbons (Fsp3) is 0.524. The van der Waals surface area contributed by atoms with E-state index in [1.165, 1.54) is 0 Å². The maximum atomic E-state index is 9.96. The normalized spacial score (nSPS) is 16.8. The van der Waals surface area contributed by atoms with Crippen LogP contribution in [0.25, 0.3) is 11.0 Å². The number of nitrogens with zero attached hydrogens (tertiary/aromatic N) is 5. The van der Waals surface area contributed by atoms with Crippen LogP contribution in [0.4, 0.5) is 5.82 Å². The number of nitrogen functional groups attached to an aromatic ring is 1. The van der Waals surface area contributed by atoms with Gasteiger partial charge < -0.3 is 25.5 Å². The summed E-state index contributed by atoms with van der Waals surface area (Å²) in [7, 11) is 0. The third-order valence-corrected chi connectivity index (χ3v) is 5.14. The first-order chi connectivity index (χ1) is 14.9. The van der Waals surface area contributed by atoms with Crippen LogP contribution in [-0.4, -0.2) is 55.3 Å². The highest BCUT2D eigenvalue weighted by Gasteiger charge is 2.19. The molecule has 4 heterocycles. The molecule has 10 heteroatoms. The molecule has 1 fully saturated rings. The number of anilines is 1. The van der Waals surface area contributed by atoms with E-state index >= 15 is 0 Å². The van der Waals surface area contributed by atoms with Crippen LogP contribution < -0.4 is 15.8 Å². The Morgan fingerprint density at radius 2 is 2.26 bits per heavy atom. The Morgan fingerprint density at radius 3 is 2.97 bits per heavy atom. The summed E-state index contributed by atoms with van der Waals surface area (Å²) < 4.78 is 12.8. The molecule has 0 bridgehead atoms. The molecule has 1 atom stereocenters. The molecule has 0 aromatic carbocycles. The highest BCUT2D eigenvalue weighted by molar-refractivity contribution is 5.85. The van der Waals surface area contributed by atoms with Crippen LogP contribution in [-0.2, 0) is 13.0 Å². The van der Waals surface area contributed by atoms with Gasteiger partial charge in [0.15, 0.2) is 11.6 Å². The lowest BCUT2D eigenvalue weighted by atomic mass is 10.0. The molecule has 4 N–H and O–H groups in total. The van der Waals surface area contributed by atoms with Gasteiger partial charge in [0.05, 0.1) is 19.1 Å². The first-order valence-electron chi connectivity index (χ1n) is 10.4. The minimum atomic E-state index is -1.13. The molecule has 3 aromatic heterocycles. The van der Waals surface area contributed by atoms with Gasteiger partial charge in [-0.2, -0.15) is 0 Å². The van der Waals surface area contributed by atoms with Gasteiger partial charge in [0.1, 0.15) is 28.0 Å². The number of fused-ring (bicyclic) bond motifs is 1. The van der Waals surface area contributed by atoms with Crippen LogP contribution in [0.3, 0.4) is 0 Å². The van der Waals surface area contributed by atoms with Crippen molar-refractivity contribution >= 4 is 16.9 Å². The second-order valence-electron chi connectivity index (χ2n) is 8.28. The third kappa shape index (κ3) is 5.13. The molecule has 4 rings (SSSR count). The molecule has 10 nitrogen and oxygen atoms in total. The molecule has 3 aromatic rings. The Hall–Kier alpha value is -3.16. The number of aryl methyl sites for hydroxylation is 2. The van der Waals surface area contributed by atoms with E-state index in [0.717, 1.165) is 31.4 Å². The predicted molar refractivity (Wildman–Crippen MR) is 114 cm³/mol. The Labute approximate surface area is 180 Å². The molecule has 1 aliphatic heterocycles. The van der Waals surface area contributed by atoms with Gasteiger partial charge in [-0.1, -0.05) is 11.1 Å². The van der Waals surface area contributed by atoms with Crippen LogP contribution in [0.1, 0.15) is 38.1 Å². The van der Waals surface area contributed by atoms with E-state index in [0.29, 0.717) is 48.1 Å². The molecule has 0 unspecified atom stereocenters. The molecule has 164 valence electrons. The Bertz CT molecular complexity index is 1100. The molecular weight excluding hydrogens is 398 g/mol. The second kappa shape index (κ2) is 8.91. The topological polar surface area (TPSA) is 137 Å². The lowest BCUT2D eigenvalue weighted by molar-refractivity contribution is 0.143. The maximum absolute atomic E-state index is 9.96. The zero-order valence-electron chi connectivity index (χ0n) is 17.8. The van der Waals surface area contributed by atoms with Crippen molar-refractivity contribution in [3.63, 3.8) is 0 Å². The average molecular weight is 425 g/mol. The number of pyridine rings is 1. The lowest BCUT2D eigenvalue weighted by Gasteiger charge is -2.23. The lowest BCUT2D eigenvalue weighted by Crippen LogP contribution is -2.33. The number of aliphatic hydroxyl groups is 1. The van der Waals surface area contributed by atoms with Crippen molar-refractivity contribution in [1.29, 1.82) is 0 Å². The molecule has 0 saturated carbocycles. The average Bonchev–Trinajstić information content (AvgIpc) is 3.36. The van der Waals surface area contributed by atoms with E-state index in [1.54, 1.807) is 26.4 Å². The summed E-state index contributed by atoms with van der Waals surface area (Å²) in [4.78, 5) is 8.98. The number of aromatic nitrogens is 5. The number of imidazole rings is 1. The summed E-state index contributed by atoms with van der Waals surface area (Å²) >= 11 is 0. The SMILES string of the molecule is CC(C)(O)C#Cc1ncc(OC[C@H]2CCCNC2)c2c1ncn2CCc1nonc1N. The van der Waals surface area contributed by atoms with Gasteiger partial charge in [-0.25, -0.2) is 14.6 Å². The largest absolute Gasteiger partial charge is 0.489 e. The fourth-order valence-electron chi connectivity index (χ4n) is 3.53. The minimum absolute atomic E-state index is 0.282. The number of nitrogens with two attached hydrogens (primary N) is 1. The van der Waals surface area contributed by atoms with Gasteiger partial charge in [-0.15, -0.1) is 0 Å². The summed E-state index contributed by atoms with van der Waals surface area (Å²) in [5.41, 5.74) is 7.16. The minimum Gasteiger partial charge on any atom is -0.489 e. The zero-order valence-corrected chi connectivity index (χ0v) is 17.8. The van der Waals surface area contributed by atoms with Gasteiger partial charge in [0.25, 0.3) is 0 Å². The van der Waals surface area contributed by atoms with Crippen LogP contribution in [0.2, 0.25) is 0 Å². The van der Waals surface area contributed by atoms with Crippen LogP contribution >= 0.6 is 0 Å². The van der Waals surface area contributed by atoms with E-state index in [4.69, 9.17) is 10.5 Å². The molecule has 1 saturated heterocycles. The van der Waals surface area contributed by atoms with Crippen LogP contribution in [0, 0.1) is 17.8 Å². The number of ether oxygens (including phenoxy) is 1. The fourth-order valence-corrected chi connectivity index (χ4v) is 3.53. The summed E-state index contributed by atoms with van der Waals surface area (Å²) in [6.45, 7) is 6.42. The summed E-state index contributed by atoms with van der Waals surface area (Å²) in [5.74, 6) is 7.13. The highest BCUT2D eigenvalue weighted by Crippen LogP contribution is 2.27. The number of piperidine rings is 1. The summed E-state index contributed by atoms with van der Waals surface area (Å²) in [6.07, 6.45) is 6.21. The zero-order chi connectivity index (χ0) is 21.8. The first kappa shape index (κ1) is 21.1. The molecular formula is C21H27N7O3. The quantitative estimate of drug-likeness (QED) is 0.496. The Kier molecular flexibility index (Phi) is 6.06. The van der Waals surface area contributed by atoms with Crippen molar-refractivity contribution in [3.8, 4) is 17.6 Å². The molecule has 1 aliphatic rings. The second-order valence-corrected chi connectivity index (χ2v) is 8.28. The monoisotopic (exact) mass is 425 g/mol. The summed E-state index contributed by atoms with van der Waals surface area (Å²) in [6, 6.07) is 0. The van der Waals surface area contributed by atoms with Crippen molar-refractivity contribution in [2.45, 2.75) is 45.3 Å². The number of nitrogens with one attached hydrogen (secondary N) is 1. The van der Waals surface area contributed by atoms with Crippen molar-refractivity contribution in [2.75, 3.05) is 25.4 Å². The van der Waals surface area contributed by atoms with Gasteiger partial charge in [-0.3, -0.25) is 0 Å². The van der Waals surface area contributed by atoms with Crippen LogP contribution in [0.15, 0.2) is 17.2 Å². The molecule has 0 aliphatic carbocycles. The number of hydrogen-bond acceptors (Lipinski definition) is 9. The third-order valence-electron chi connectivity index (χ3n) is 5.14. The number of rotatable bonds is 6. The van der Waals surface area contributed by atoms with E-state index in [-0.39, 0.29) is 5.82 Å². The standard InChI is InChI=1S/C21H27N7O3/c1-21(2,29)7-5-15-18-19(17(11-24-15)30-12-14-4-3-8-23-10-14)28(13-25-18)9-6-16-20(22)27-31-26-16/h11,13-14,23,29H,3-4,6,8-10,12H2,1-2H3,(H2,22,27)/t14-/m0/s1. The van der Waals surface area contributed by atoms with Crippen LogP contribution in [0.5, 0.6) is 5.75 Å². The Morgan fingerprint density at radius 1 is 1.39 bits per heavy atom. The molecule has 0 amide bonds. The van der Waals surface area contributed by atoms with E-state index in [1.807, 2.05) is 4.57 Å². The summed E-state index contributed by atoms with van der Waals surface area (Å²) in [5, 5.41) is 20.8. The first-order valence-corrected chi connectivity index (χ1v) is 10.4. The molecule has 31 heavy (non-hydrogen) atoms. The van der Waals surface area contributed by atoms with Crippen molar-refractivity contribution in [1.82, 2.24) is 30.2 Å². The highest BCUT2D eigenvalue weighted by atomic mass is 16.6. The van der Waals surface area contributed by atoms with Gasteiger partial charge in [0.2, 0.25) is 0 Å². The predicted octanol–water partition coefficient (Wildman–Crippen LogP) is 1.14. The molecule has 0 spiro atoms. The van der Waals surface area contributed by atoms with E-state index < -0.39 is 5.60 Å². The van der Waals surface area contributed by atoms with Gasteiger partial charge >= 0.3 is 0 Å². The van der Waals surface area contributed by atoms with Crippen molar-refractivity contribution < 1.29 is 14.5 Å². The smallest absolute Gasteiger partial charge is 0.191 e.